The molecular weight excluding hydrogens is 530 g/mol. The lowest BCUT2D eigenvalue weighted by Crippen LogP contribution is -2.14. The van der Waals surface area contributed by atoms with Gasteiger partial charge in [-0.15, -0.1) is 0 Å². The number of hydrogen-bond acceptors (Lipinski definition) is 5. The minimum atomic E-state index is -0.116. The lowest BCUT2D eigenvalue weighted by molar-refractivity contribution is -0.115. The molecule has 0 atom stereocenters. The van der Waals surface area contributed by atoms with E-state index < -0.39 is 0 Å². The SMILES string of the molecule is O=C(Cc1cncc(Br)c1)Nc1ccc(-c2n[nH]cc2-c2nc3cc(-c4ccccc4)ccc3o2)cc1. The molecule has 0 spiro atoms. The number of nitrogens with zero attached hydrogens (tertiary/aromatic N) is 3. The Kier molecular flexibility index (Phi) is 6.08. The number of nitrogens with one attached hydrogen (secondary N) is 2. The normalized spacial score (nSPS) is 11.1. The maximum atomic E-state index is 12.5. The molecule has 0 aliphatic rings. The summed E-state index contributed by atoms with van der Waals surface area (Å²) in [7, 11) is 0. The van der Waals surface area contributed by atoms with Crippen LogP contribution in [0.1, 0.15) is 5.56 Å². The first-order valence-corrected chi connectivity index (χ1v) is 12.4. The zero-order chi connectivity index (χ0) is 25.2. The number of aromatic amines is 1. The van der Waals surface area contributed by atoms with Gasteiger partial charge in [0.05, 0.1) is 12.0 Å². The van der Waals surface area contributed by atoms with E-state index in [0.717, 1.165) is 37.8 Å². The van der Waals surface area contributed by atoms with Crippen molar-refractivity contribution in [3.8, 4) is 33.8 Å². The number of aromatic nitrogens is 4. The fraction of sp³-hybridized carbons (Fsp3) is 0.0345. The van der Waals surface area contributed by atoms with Crippen LogP contribution in [-0.4, -0.2) is 26.1 Å². The number of amides is 1. The molecule has 3 heterocycles. The van der Waals surface area contributed by atoms with Crippen LogP contribution in [0.3, 0.4) is 0 Å². The highest BCUT2D eigenvalue weighted by molar-refractivity contribution is 9.10. The third kappa shape index (κ3) is 4.92. The van der Waals surface area contributed by atoms with Crippen LogP contribution < -0.4 is 5.32 Å². The Labute approximate surface area is 220 Å². The first-order chi connectivity index (χ1) is 18.1. The number of benzene rings is 3. The van der Waals surface area contributed by atoms with Crippen LogP contribution in [0.5, 0.6) is 0 Å². The lowest BCUT2D eigenvalue weighted by Gasteiger charge is -2.07. The Balaban J connectivity index is 1.22. The van der Waals surface area contributed by atoms with Crippen molar-refractivity contribution < 1.29 is 9.21 Å². The van der Waals surface area contributed by atoms with Gasteiger partial charge in [0.1, 0.15) is 11.2 Å². The van der Waals surface area contributed by atoms with Crippen molar-refractivity contribution in [1.82, 2.24) is 20.2 Å². The van der Waals surface area contributed by atoms with E-state index in [-0.39, 0.29) is 12.3 Å². The maximum absolute atomic E-state index is 12.5. The number of fused-ring (bicyclic) bond motifs is 1. The van der Waals surface area contributed by atoms with E-state index in [9.17, 15) is 4.79 Å². The predicted molar refractivity (Wildman–Crippen MR) is 147 cm³/mol. The van der Waals surface area contributed by atoms with Gasteiger partial charge in [-0.05, 0) is 63.0 Å². The molecule has 0 radical (unpaired) electrons. The summed E-state index contributed by atoms with van der Waals surface area (Å²) in [6.45, 7) is 0. The number of rotatable bonds is 6. The number of carbonyl (C=O) groups is 1. The van der Waals surface area contributed by atoms with Crippen molar-refractivity contribution in [2.24, 2.45) is 0 Å². The van der Waals surface area contributed by atoms with Gasteiger partial charge < -0.3 is 9.73 Å². The molecule has 0 aliphatic carbocycles. The number of hydrogen-bond donors (Lipinski definition) is 2. The van der Waals surface area contributed by atoms with E-state index in [4.69, 9.17) is 9.40 Å². The molecule has 0 aliphatic heterocycles. The standard InChI is InChI=1S/C29H20BrN5O2/c30-22-12-18(15-31-16-22)13-27(36)33-23-9-6-20(7-10-23)28-24(17-32-35-28)29-34-25-14-21(8-11-26(25)37-29)19-4-2-1-3-5-19/h1-12,14-17H,13H2,(H,32,35)(H,33,36). The molecule has 1 amide bonds. The molecule has 6 rings (SSSR count). The van der Waals surface area contributed by atoms with E-state index in [0.29, 0.717) is 22.9 Å². The van der Waals surface area contributed by atoms with E-state index in [1.807, 2.05) is 66.7 Å². The molecule has 8 heteroatoms. The molecule has 2 N–H and O–H groups in total. The van der Waals surface area contributed by atoms with Crippen LogP contribution in [0.2, 0.25) is 0 Å². The third-order valence-corrected chi connectivity index (χ3v) is 6.37. The van der Waals surface area contributed by atoms with Crippen LogP contribution >= 0.6 is 15.9 Å². The van der Waals surface area contributed by atoms with Gasteiger partial charge in [0, 0.05) is 34.3 Å². The molecule has 0 bridgehead atoms. The molecule has 0 fully saturated rings. The van der Waals surface area contributed by atoms with Crippen LogP contribution in [0, 0.1) is 0 Å². The summed E-state index contributed by atoms with van der Waals surface area (Å²) >= 11 is 3.38. The second kappa shape index (κ2) is 9.83. The van der Waals surface area contributed by atoms with E-state index in [1.54, 1.807) is 18.6 Å². The number of oxazole rings is 1. The predicted octanol–water partition coefficient (Wildman–Crippen LogP) is 6.89. The van der Waals surface area contributed by atoms with Gasteiger partial charge in [-0.25, -0.2) is 4.98 Å². The monoisotopic (exact) mass is 549 g/mol. The van der Waals surface area contributed by atoms with Gasteiger partial charge in [0.25, 0.3) is 0 Å². The van der Waals surface area contributed by atoms with E-state index >= 15 is 0 Å². The second-order valence-corrected chi connectivity index (χ2v) is 9.44. The Morgan fingerprint density at radius 2 is 1.73 bits per heavy atom. The van der Waals surface area contributed by atoms with E-state index in [1.165, 1.54) is 0 Å². The highest BCUT2D eigenvalue weighted by atomic mass is 79.9. The largest absolute Gasteiger partial charge is 0.436 e. The minimum Gasteiger partial charge on any atom is -0.436 e. The summed E-state index contributed by atoms with van der Waals surface area (Å²) in [5.74, 6) is 0.374. The number of pyridine rings is 1. The van der Waals surface area contributed by atoms with Crippen LogP contribution in [0.25, 0.3) is 44.9 Å². The number of halogens is 1. The van der Waals surface area contributed by atoms with Crippen molar-refractivity contribution >= 4 is 38.6 Å². The quantitative estimate of drug-likeness (QED) is 0.235. The van der Waals surface area contributed by atoms with E-state index in [2.05, 4.69) is 48.6 Å². The topological polar surface area (TPSA) is 96.7 Å². The molecule has 7 nitrogen and oxygen atoms in total. The van der Waals surface area contributed by atoms with Gasteiger partial charge in [0.2, 0.25) is 11.8 Å². The summed E-state index contributed by atoms with van der Waals surface area (Å²) in [6.07, 6.45) is 5.38. The molecular formula is C29H20BrN5O2. The van der Waals surface area contributed by atoms with Gasteiger partial charge in [-0.2, -0.15) is 5.10 Å². The zero-order valence-electron chi connectivity index (χ0n) is 19.5. The molecule has 3 aromatic heterocycles. The third-order valence-electron chi connectivity index (χ3n) is 5.93. The molecule has 0 unspecified atom stereocenters. The Morgan fingerprint density at radius 3 is 2.54 bits per heavy atom. The first kappa shape index (κ1) is 22.9. The summed E-state index contributed by atoms with van der Waals surface area (Å²) in [6, 6.07) is 25.6. The summed E-state index contributed by atoms with van der Waals surface area (Å²) in [5.41, 5.74) is 7.57. The smallest absolute Gasteiger partial charge is 0.231 e. The zero-order valence-corrected chi connectivity index (χ0v) is 21.1. The van der Waals surface area contributed by atoms with Crippen LogP contribution in [-0.2, 0) is 11.2 Å². The number of anilines is 1. The van der Waals surface area contributed by atoms with Gasteiger partial charge in [-0.1, -0.05) is 48.5 Å². The maximum Gasteiger partial charge on any atom is 0.231 e. The number of H-pyrrole nitrogens is 1. The van der Waals surface area contributed by atoms with Crippen molar-refractivity contribution in [3.63, 3.8) is 0 Å². The number of carbonyl (C=O) groups excluding carboxylic acids is 1. The van der Waals surface area contributed by atoms with Crippen LogP contribution in [0.15, 0.2) is 106 Å². The average Bonchev–Trinajstić information content (AvgIpc) is 3.56. The van der Waals surface area contributed by atoms with Gasteiger partial charge >= 0.3 is 0 Å². The van der Waals surface area contributed by atoms with Gasteiger partial charge in [-0.3, -0.25) is 14.9 Å². The average molecular weight is 550 g/mol. The lowest BCUT2D eigenvalue weighted by atomic mass is 10.1. The second-order valence-electron chi connectivity index (χ2n) is 8.53. The fourth-order valence-corrected chi connectivity index (χ4v) is 4.59. The van der Waals surface area contributed by atoms with Gasteiger partial charge in [0.15, 0.2) is 5.58 Å². The summed E-state index contributed by atoms with van der Waals surface area (Å²) in [4.78, 5) is 21.3. The molecule has 0 saturated heterocycles. The molecule has 0 saturated carbocycles. The molecule has 6 aromatic rings. The Bertz CT molecular complexity index is 1710. The summed E-state index contributed by atoms with van der Waals surface area (Å²) < 4.78 is 6.91. The molecule has 180 valence electrons. The Hall–Kier alpha value is -4.56. The van der Waals surface area contributed by atoms with Crippen molar-refractivity contribution in [2.75, 3.05) is 5.32 Å². The van der Waals surface area contributed by atoms with Crippen molar-refractivity contribution in [3.05, 3.63) is 107 Å². The molecule has 37 heavy (non-hydrogen) atoms. The first-order valence-electron chi connectivity index (χ1n) is 11.6. The van der Waals surface area contributed by atoms with Crippen molar-refractivity contribution in [1.29, 1.82) is 0 Å². The van der Waals surface area contributed by atoms with Crippen molar-refractivity contribution in [2.45, 2.75) is 6.42 Å². The molecule has 3 aromatic carbocycles. The fourth-order valence-electron chi connectivity index (χ4n) is 4.18. The Morgan fingerprint density at radius 1 is 0.919 bits per heavy atom. The highest BCUT2D eigenvalue weighted by Crippen LogP contribution is 2.33. The highest BCUT2D eigenvalue weighted by Gasteiger charge is 2.17. The summed E-state index contributed by atoms with van der Waals surface area (Å²) in [5, 5.41) is 10.3. The minimum absolute atomic E-state index is 0.116. The van der Waals surface area contributed by atoms with Crippen LogP contribution in [0.4, 0.5) is 5.69 Å².